The third-order valence-corrected chi connectivity index (χ3v) is 3.70. The highest BCUT2D eigenvalue weighted by Gasteiger charge is 2.12. The normalized spacial score (nSPS) is 10.1. The maximum atomic E-state index is 11.8. The summed E-state index contributed by atoms with van der Waals surface area (Å²) < 4.78 is 5.24. The smallest absolute Gasteiger partial charge is 0.309 e. The van der Waals surface area contributed by atoms with Crippen LogP contribution in [0.3, 0.4) is 0 Å². The van der Waals surface area contributed by atoms with Crippen LogP contribution in [0.15, 0.2) is 48.5 Å². The number of nitrogens with one attached hydrogen (secondary N) is 2. The first-order chi connectivity index (χ1) is 11.6. The number of amides is 2. The van der Waals surface area contributed by atoms with Gasteiger partial charge in [0.1, 0.15) is 5.75 Å². The van der Waals surface area contributed by atoms with E-state index in [9.17, 15) is 9.59 Å². The highest BCUT2D eigenvalue weighted by atomic mass is 35.5. The van der Waals surface area contributed by atoms with Crippen molar-refractivity contribution in [1.29, 1.82) is 0 Å². The lowest BCUT2D eigenvalue weighted by Crippen LogP contribution is -2.40. The molecule has 0 saturated heterocycles. The Morgan fingerprint density at radius 1 is 1.00 bits per heavy atom. The molecule has 0 aliphatic carbocycles. The molecule has 126 valence electrons. The summed E-state index contributed by atoms with van der Waals surface area (Å²) in [6.07, 6.45) is 0.584. The van der Waals surface area contributed by atoms with E-state index in [-0.39, 0.29) is 6.54 Å². The van der Waals surface area contributed by atoms with Gasteiger partial charge in [-0.25, -0.2) is 0 Å². The standard InChI is InChI=1S/C18H19ClN2O3/c1-24-16-5-3-2-4-14(16)10-11-20-17(22)18(23)21-12-13-6-8-15(19)9-7-13/h2-9H,10-12H2,1H3,(H,20,22)(H,21,23). The van der Waals surface area contributed by atoms with Gasteiger partial charge in [-0.3, -0.25) is 9.59 Å². The van der Waals surface area contributed by atoms with Gasteiger partial charge < -0.3 is 15.4 Å². The van der Waals surface area contributed by atoms with Gasteiger partial charge in [0.15, 0.2) is 0 Å². The molecule has 0 saturated carbocycles. The average molecular weight is 347 g/mol. The van der Waals surface area contributed by atoms with Gasteiger partial charge in [0.05, 0.1) is 7.11 Å². The Labute approximate surface area is 146 Å². The maximum Gasteiger partial charge on any atom is 0.309 e. The molecule has 0 aromatic heterocycles. The van der Waals surface area contributed by atoms with Gasteiger partial charge in [-0.2, -0.15) is 0 Å². The minimum Gasteiger partial charge on any atom is -0.496 e. The molecule has 2 rings (SSSR count). The number of benzene rings is 2. The minimum atomic E-state index is -0.662. The van der Waals surface area contributed by atoms with Crippen molar-refractivity contribution in [3.8, 4) is 5.75 Å². The van der Waals surface area contributed by atoms with Crippen molar-refractivity contribution in [3.05, 3.63) is 64.7 Å². The maximum absolute atomic E-state index is 11.8. The fourth-order valence-electron chi connectivity index (χ4n) is 2.17. The summed E-state index contributed by atoms with van der Waals surface area (Å²) in [5.41, 5.74) is 1.84. The molecule has 0 atom stereocenters. The van der Waals surface area contributed by atoms with Crippen LogP contribution in [-0.2, 0) is 22.6 Å². The third-order valence-electron chi connectivity index (χ3n) is 3.44. The number of hydrogen-bond donors (Lipinski definition) is 2. The summed E-state index contributed by atoms with van der Waals surface area (Å²) >= 11 is 5.79. The molecule has 2 N–H and O–H groups in total. The molecule has 0 unspecified atom stereocenters. The molecule has 0 spiro atoms. The van der Waals surface area contributed by atoms with Crippen LogP contribution in [0.25, 0.3) is 0 Å². The molecule has 0 bridgehead atoms. The van der Waals surface area contributed by atoms with Crippen LogP contribution in [0.2, 0.25) is 5.02 Å². The SMILES string of the molecule is COc1ccccc1CCNC(=O)C(=O)NCc1ccc(Cl)cc1. The van der Waals surface area contributed by atoms with E-state index in [0.717, 1.165) is 16.9 Å². The molecular formula is C18H19ClN2O3. The summed E-state index contributed by atoms with van der Waals surface area (Å²) in [6.45, 7) is 0.628. The van der Waals surface area contributed by atoms with E-state index in [2.05, 4.69) is 10.6 Å². The Morgan fingerprint density at radius 3 is 2.38 bits per heavy atom. The molecule has 5 nitrogen and oxygen atoms in total. The van der Waals surface area contributed by atoms with E-state index in [0.29, 0.717) is 18.0 Å². The third kappa shape index (κ3) is 5.28. The summed E-state index contributed by atoms with van der Waals surface area (Å²) in [7, 11) is 1.60. The number of para-hydroxylation sites is 1. The van der Waals surface area contributed by atoms with E-state index in [1.807, 2.05) is 24.3 Å². The van der Waals surface area contributed by atoms with Gasteiger partial charge in [0.2, 0.25) is 0 Å². The molecule has 2 aromatic carbocycles. The van der Waals surface area contributed by atoms with Crippen molar-refractivity contribution in [2.24, 2.45) is 0 Å². The van der Waals surface area contributed by atoms with E-state index >= 15 is 0 Å². The van der Waals surface area contributed by atoms with Gasteiger partial charge in [-0.1, -0.05) is 41.9 Å². The van der Waals surface area contributed by atoms with Crippen molar-refractivity contribution in [2.45, 2.75) is 13.0 Å². The van der Waals surface area contributed by atoms with Crippen molar-refractivity contribution < 1.29 is 14.3 Å². The zero-order valence-corrected chi connectivity index (χ0v) is 14.1. The van der Waals surface area contributed by atoms with Gasteiger partial charge >= 0.3 is 11.8 Å². The lowest BCUT2D eigenvalue weighted by Gasteiger charge is -2.09. The van der Waals surface area contributed by atoms with Crippen LogP contribution in [-0.4, -0.2) is 25.5 Å². The van der Waals surface area contributed by atoms with Crippen LogP contribution in [0, 0.1) is 0 Å². The second-order valence-corrected chi connectivity index (χ2v) is 5.56. The lowest BCUT2D eigenvalue weighted by atomic mass is 10.1. The van der Waals surface area contributed by atoms with E-state index in [1.54, 1.807) is 31.4 Å². The Hall–Kier alpha value is -2.53. The molecule has 0 aliphatic heterocycles. The first-order valence-electron chi connectivity index (χ1n) is 7.52. The summed E-state index contributed by atoms with van der Waals surface area (Å²) in [6, 6.07) is 14.6. The largest absolute Gasteiger partial charge is 0.496 e. The van der Waals surface area contributed by atoms with Gasteiger partial charge in [-0.05, 0) is 35.7 Å². The predicted octanol–water partition coefficient (Wildman–Crippen LogP) is 2.32. The molecule has 6 heteroatoms. The van der Waals surface area contributed by atoms with Crippen LogP contribution >= 0.6 is 11.6 Å². The van der Waals surface area contributed by atoms with Crippen molar-refractivity contribution in [2.75, 3.05) is 13.7 Å². The van der Waals surface area contributed by atoms with Crippen molar-refractivity contribution >= 4 is 23.4 Å². The summed E-state index contributed by atoms with van der Waals surface area (Å²) in [5.74, 6) is -0.553. The van der Waals surface area contributed by atoms with E-state index < -0.39 is 11.8 Å². The van der Waals surface area contributed by atoms with Gasteiger partial charge in [0, 0.05) is 18.1 Å². The van der Waals surface area contributed by atoms with Crippen LogP contribution < -0.4 is 15.4 Å². The number of carbonyl (C=O) groups is 2. The lowest BCUT2D eigenvalue weighted by molar-refractivity contribution is -0.139. The Morgan fingerprint density at radius 2 is 1.67 bits per heavy atom. The second-order valence-electron chi connectivity index (χ2n) is 5.13. The fourth-order valence-corrected chi connectivity index (χ4v) is 2.29. The minimum absolute atomic E-state index is 0.274. The van der Waals surface area contributed by atoms with Gasteiger partial charge in [0.25, 0.3) is 0 Å². The molecule has 0 fully saturated rings. The molecule has 2 aromatic rings. The number of halogens is 1. The van der Waals surface area contributed by atoms with E-state index in [4.69, 9.17) is 16.3 Å². The van der Waals surface area contributed by atoms with Crippen molar-refractivity contribution in [1.82, 2.24) is 10.6 Å². The number of carbonyl (C=O) groups excluding carboxylic acids is 2. The van der Waals surface area contributed by atoms with Gasteiger partial charge in [-0.15, -0.1) is 0 Å². The fraction of sp³-hybridized carbons (Fsp3) is 0.222. The monoisotopic (exact) mass is 346 g/mol. The Bertz CT molecular complexity index is 702. The number of ether oxygens (including phenoxy) is 1. The van der Waals surface area contributed by atoms with Crippen LogP contribution in [0.5, 0.6) is 5.75 Å². The molecule has 24 heavy (non-hydrogen) atoms. The first-order valence-corrected chi connectivity index (χ1v) is 7.90. The number of rotatable bonds is 6. The molecule has 2 amide bonds. The first kappa shape index (κ1) is 17.8. The quantitative estimate of drug-likeness (QED) is 0.789. The summed E-state index contributed by atoms with van der Waals surface area (Å²) in [5, 5.41) is 5.79. The molecule has 0 aliphatic rings. The Kier molecular flexibility index (Phi) is 6.63. The predicted molar refractivity (Wildman–Crippen MR) is 93.0 cm³/mol. The zero-order chi connectivity index (χ0) is 17.4. The number of methoxy groups -OCH3 is 1. The average Bonchev–Trinajstić information content (AvgIpc) is 2.61. The van der Waals surface area contributed by atoms with Crippen LogP contribution in [0.1, 0.15) is 11.1 Å². The van der Waals surface area contributed by atoms with Crippen LogP contribution in [0.4, 0.5) is 0 Å². The molecular weight excluding hydrogens is 328 g/mol. The number of hydrogen-bond acceptors (Lipinski definition) is 3. The topological polar surface area (TPSA) is 67.4 Å². The summed E-state index contributed by atoms with van der Waals surface area (Å²) in [4.78, 5) is 23.6. The highest BCUT2D eigenvalue weighted by Crippen LogP contribution is 2.17. The van der Waals surface area contributed by atoms with Crippen molar-refractivity contribution in [3.63, 3.8) is 0 Å². The molecule has 0 heterocycles. The highest BCUT2D eigenvalue weighted by molar-refractivity contribution is 6.35. The molecule has 0 radical (unpaired) electrons. The second kappa shape index (κ2) is 8.93. The zero-order valence-electron chi connectivity index (χ0n) is 13.3. The van der Waals surface area contributed by atoms with E-state index in [1.165, 1.54) is 0 Å². The Balaban J connectivity index is 1.75.